The molecule has 102 valence electrons. The standard InChI is InChI=1S/C14H25N3S/c1-11-5-7-17(8-6-11)13-16-12(10-18-13)9-15-14(2,3)4/h10-11,15H,5-9H2,1-4H3. The van der Waals surface area contributed by atoms with Gasteiger partial charge < -0.3 is 10.2 Å². The summed E-state index contributed by atoms with van der Waals surface area (Å²) in [5, 5.41) is 6.88. The summed E-state index contributed by atoms with van der Waals surface area (Å²) in [6.45, 7) is 12.1. The Morgan fingerprint density at radius 3 is 2.67 bits per heavy atom. The van der Waals surface area contributed by atoms with Gasteiger partial charge in [-0.2, -0.15) is 0 Å². The first-order valence-corrected chi connectivity index (χ1v) is 7.76. The van der Waals surface area contributed by atoms with Crippen molar-refractivity contribution in [2.24, 2.45) is 5.92 Å². The SMILES string of the molecule is CC1CCN(c2nc(CNC(C)(C)C)cs2)CC1. The predicted molar refractivity (Wildman–Crippen MR) is 79.3 cm³/mol. The Labute approximate surface area is 115 Å². The van der Waals surface area contributed by atoms with Crippen LogP contribution in [0, 0.1) is 5.92 Å². The van der Waals surface area contributed by atoms with E-state index in [1.54, 1.807) is 11.3 Å². The molecule has 0 atom stereocenters. The Bertz CT molecular complexity index is 373. The van der Waals surface area contributed by atoms with Crippen LogP contribution in [0.25, 0.3) is 0 Å². The zero-order chi connectivity index (χ0) is 13.2. The van der Waals surface area contributed by atoms with Crippen molar-refractivity contribution in [3.63, 3.8) is 0 Å². The van der Waals surface area contributed by atoms with Crippen molar-refractivity contribution in [3.8, 4) is 0 Å². The molecular weight excluding hydrogens is 242 g/mol. The van der Waals surface area contributed by atoms with Gasteiger partial charge in [-0.25, -0.2) is 4.98 Å². The fourth-order valence-electron chi connectivity index (χ4n) is 2.08. The number of piperidine rings is 1. The van der Waals surface area contributed by atoms with Crippen LogP contribution in [-0.2, 0) is 6.54 Å². The number of anilines is 1. The smallest absolute Gasteiger partial charge is 0.185 e. The van der Waals surface area contributed by atoms with Gasteiger partial charge in [0, 0.05) is 30.6 Å². The minimum absolute atomic E-state index is 0.157. The number of nitrogens with zero attached hydrogens (tertiary/aromatic N) is 2. The molecule has 2 heterocycles. The van der Waals surface area contributed by atoms with Gasteiger partial charge in [0.2, 0.25) is 0 Å². The van der Waals surface area contributed by atoms with E-state index in [9.17, 15) is 0 Å². The molecule has 1 aromatic heterocycles. The third kappa shape index (κ3) is 3.95. The molecule has 1 saturated heterocycles. The second-order valence-electron chi connectivity index (χ2n) is 6.39. The fourth-order valence-corrected chi connectivity index (χ4v) is 2.96. The summed E-state index contributed by atoms with van der Waals surface area (Å²) in [5.41, 5.74) is 1.33. The summed E-state index contributed by atoms with van der Waals surface area (Å²) in [5.74, 6) is 0.878. The number of rotatable bonds is 3. The van der Waals surface area contributed by atoms with Gasteiger partial charge in [-0.05, 0) is 39.5 Å². The summed E-state index contributed by atoms with van der Waals surface area (Å²) in [6.07, 6.45) is 2.60. The van der Waals surface area contributed by atoms with E-state index in [0.29, 0.717) is 0 Å². The highest BCUT2D eigenvalue weighted by molar-refractivity contribution is 7.13. The van der Waals surface area contributed by atoms with Gasteiger partial charge in [0.25, 0.3) is 0 Å². The van der Waals surface area contributed by atoms with Gasteiger partial charge in [0.05, 0.1) is 5.69 Å². The maximum absolute atomic E-state index is 4.74. The highest BCUT2D eigenvalue weighted by Crippen LogP contribution is 2.26. The molecule has 0 amide bonds. The third-order valence-electron chi connectivity index (χ3n) is 3.39. The highest BCUT2D eigenvalue weighted by atomic mass is 32.1. The van der Waals surface area contributed by atoms with E-state index in [0.717, 1.165) is 12.5 Å². The molecule has 1 aromatic rings. The van der Waals surface area contributed by atoms with E-state index < -0.39 is 0 Å². The summed E-state index contributed by atoms with van der Waals surface area (Å²) in [4.78, 5) is 7.18. The molecule has 4 heteroatoms. The maximum Gasteiger partial charge on any atom is 0.185 e. The number of hydrogen-bond donors (Lipinski definition) is 1. The topological polar surface area (TPSA) is 28.2 Å². The van der Waals surface area contributed by atoms with Crippen LogP contribution < -0.4 is 10.2 Å². The van der Waals surface area contributed by atoms with E-state index >= 15 is 0 Å². The largest absolute Gasteiger partial charge is 0.348 e. The maximum atomic E-state index is 4.74. The lowest BCUT2D eigenvalue weighted by Gasteiger charge is -2.29. The molecule has 0 saturated carbocycles. The lowest BCUT2D eigenvalue weighted by Crippen LogP contribution is -2.35. The van der Waals surface area contributed by atoms with Crippen molar-refractivity contribution in [2.75, 3.05) is 18.0 Å². The van der Waals surface area contributed by atoms with Crippen LogP contribution in [0.5, 0.6) is 0 Å². The van der Waals surface area contributed by atoms with Crippen molar-refractivity contribution < 1.29 is 0 Å². The van der Waals surface area contributed by atoms with Gasteiger partial charge in [-0.3, -0.25) is 0 Å². The van der Waals surface area contributed by atoms with Gasteiger partial charge in [0.1, 0.15) is 0 Å². The summed E-state index contributed by atoms with van der Waals surface area (Å²) < 4.78 is 0. The van der Waals surface area contributed by atoms with Crippen LogP contribution in [0.15, 0.2) is 5.38 Å². The van der Waals surface area contributed by atoms with E-state index in [1.807, 2.05) is 0 Å². The van der Waals surface area contributed by atoms with Gasteiger partial charge in [-0.15, -0.1) is 11.3 Å². The second kappa shape index (κ2) is 5.57. The Kier molecular flexibility index (Phi) is 4.28. The predicted octanol–water partition coefficient (Wildman–Crippen LogP) is 3.27. The van der Waals surface area contributed by atoms with Crippen LogP contribution >= 0.6 is 11.3 Å². The van der Waals surface area contributed by atoms with Crippen LogP contribution in [-0.4, -0.2) is 23.6 Å². The normalized spacial score (nSPS) is 18.3. The molecule has 1 aliphatic heterocycles. The van der Waals surface area contributed by atoms with Crippen LogP contribution in [0.2, 0.25) is 0 Å². The molecule has 0 bridgehead atoms. The van der Waals surface area contributed by atoms with Gasteiger partial charge >= 0.3 is 0 Å². The molecule has 1 N–H and O–H groups in total. The van der Waals surface area contributed by atoms with Crippen LogP contribution in [0.1, 0.15) is 46.2 Å². The zero-order valence-electron chi connectivity index (χ0n) is 12.0. The fraction of sp³-hybridized carbons (Fsp3) is 0.786. The van der Waals surface area contributed by atoms with E-state index in [2.05, 4.69) is 43.3 Å². The number of aromatic nitrogens is 1. The summed E-state index contributed by atoms with van der Waals surface area (Å²) >= 11 is 1.78. The Balaban J connectivity index is 1.90. The molecule has 0 aliphatic carbocycles. The molecule has 0 spiro atoms. The molecule has 1 aliphatic rings. The quantitative estimate of drug-likeness (QED) is 0.911. The number of thiazole rings is 1. The molecule has 2 rings (SSSR count). The first kappa shape index (κ1) is 13.8. The minimum atomic E-state index is 0.157. The first-order chi connectivity index (χ1) is 8.44. The molecule has 0 unspecified atom stereocenters. The molecule has 3 nitrogen and oxygen atoms in total. The van der Waals surface area contributed by atoms with E-state index in [4.69, 9.17) is 4.98 Å². The molecule has 1 fully saturated rings. The Hall–Kier alpha value is -0.610. The van der Waals surface area contributed by atoms with Gasteiger partial charge in [-0.1, -0.05) is 6.92 Å². The molecule has 0 radical (unpaired) electrons. The lowest BCUT2D eigenvalue weighted by atomic mass is 10.00. The lowest BCUT2D eigenvalue weighted by molar-refractivity contribution is 0.421. The Morgan fingerprint density at radius 2 is 2.06 bits per heavy atom. The third-order valence-corrected chi connectivity index (χ3v) is 4.34. The van der Waals surface area contributed by atoms with E-state index in [1.165, 1.54) is 36.8 Å². The second-order valence-corrected chi connectivity index (χ2v) is 7.23. The first-order valence-electron chi connectivity index (χ1n) is 6.88. The van der Waals surface area contributed by atoms with Crippen molar-refractivity contribution in [1.82, 2.24) is 10.3 Å². The van der Waals surface area contributed by atoms with Crippen LogP contribution in [0.3, 0.4) is 0 Å². The number of nitrogens with one attached hydrogen (secondary N) is 1. The summed E-state index contributed by atoms with van der Waals surface area (Å²) in [7, 11) is 0. The van der Waals surface area contributed by atoms with Gasteiger partial charge in [0.15, 0.2) is 5.13 Å². The molecule has 0 aromatic carbocycles. The number of hydrogen-bond acceptors (Lipinski definition) is 4. The highest BCUT2D eigenvalue weighted by Gasteiger charge is 2.18. The zero-order valence-corrected chi connectivity index (χ0v) is 12.8. The average molecular weight is 267 g/mol. The summed E-state index contributed by atoms with van der Waals surface area (Å²) in [6, 6.07) is 0. The minimum Gasteiger partial charge on any atom is -0.348 e. The average Bonchev–Trinajstić information content (AvgIpc) is 2.75. The van der Waals surface area contributed by atoms with Crippen molar-refractivity contribution in [1.29, 1.82) is 0 Å². The van der Waals surface area contributed by atoms with Crippen molar-refractivity contribution >= 4 is 16.5 Å². The monoisotopic (exact) mass is 267 g/mol. The molecule has 18 heavy (non-hydrogen) atoms. The van der Waals surface area contributed by atoms with Crippen molar-refractivity contribution in [3.05, 3.63) is 11.1 Å². The van der Waals surface area contributed by atoms with Crippen molar-refractivity contribution in [2.45, 2.75) is 52.6 Å². The Morgan fingerprint density at radius 1 is 1.39 bits per heavy atom. The van der Waals surface area contributed by atoms with E-state index in [-0.39, 0.29) is 5.54 Å². The molecular formula is C14H25N3S. The van der Waals surface area contributed by atoms with Crippen LogP contribution in [0.4, 0.5) is 5.13 Å².